The molecule has 1 unspecified atom stereocenters. The van der Waals surface area contributed by atoms with Crippen LogP contribution < -0.4 is 0 Å². The number of aliphatic hydroxyl groups is 2. The Labute approximate surface area is 83.0 Å². The van der Waals surface area contributed by atoms with E-state index in [4.69, 9.17) is 10.2 Å². The summed E-state index contributed by atoms with van der Waals surface area (Å²) in [5.74, 6) is 0.505. The second-order valence-corrected chi connectivity index (χ2v) is 3.55. The maximum Gasteiger partial charge on any atom is 0.0535 e. The van der Waals surface area contributed by atoms with Gasteiger partial charge in [-0.3, -0.25) is 0 Å². The third-order valence-electron chi connectivity index (χ3n) is 2.04. The third kappa shape index (κ3) is 14.7. The fourth-order valence-corrected chi connectivity index (χ4v) is 0.873. The molecule has 2 nitrogen and oxygen atoms in total. The van der Waals surface area contributed by atoms with Gasteiger partial charge in [0.05, 0.1) is 6.10 Å². The van der Waals surface area contributed by atoms with Gasteiger partial charge in [0.25, 0.3) is 0 Å². The van der Waals surface area contributed by atoms with Crippen LogP contribution in [0.2, 0.25) is 0 Å². The average molecular weight is 190 g/mol. The van der Waals surface area contributed by atoms with E-state index in [0.717, 1.165) is 19.3 Å². The van der Waals surface area contributed by atoms with E-state index in [2.05, 4.69) is 13.8 Å². The highest BCUT2D eigenvalue weighted by Crippen LogP contribution is 2.01. The van der Waals surface area contributed by atoms with Crippen molar-refractivity contribution in [3.05, 3.63) is 0 Å². The summed E-state index contributed by atoms with van der Waals surface area (Å²) in [5, 5.41) is 17.1. The molecular weight excluding hydrogens is 164 g/mol. The summed E-state index contributed by atoms with van der Waals surface area (Å²) >= 11 is 0. The molecule has 0 fully saturated rings. The Bertz CT molecular complexity index is 80.2. The Morgan fingerprint density at radius 2 is 1.54 bits per heavy atom. The largest absolute Gasteiger partial charge is 0.396 e. The quantitative estimate of drug-likeness (QED) is 0.699. The van der Waals surface area contributed by atoms with Crippen LogP contribution in [0.1, 0.15) is 53.4 Å². The van der Waals surface area contributed by atoms with Crippen LogP contribution in [0.4, 0.5) is 0 Å². The minimum absolute atomic E-state index is 0.0648. The fraction of sp³-hybridized carbons (Fsp3) is 1.00. The molecule has 13 heavy (non-hydrogen) atoms. The molecule has 0 aliphatic rings. The van der Waals surface area contributed by atoms with Gasteiger partial charge in [-0.1, -0.05) is 34.1 Å². The predicted octanol–water partition coefficient (Wildman–Crippen LogP) is 2.58. The lowest BCUT2D eigenvalue weighted by atomic mass is 10.1. The van der Waals surface area contributed by atoms with Crippen molar-refractivity contribution >= 4 is 0 Å². The zero-order valence-electron chi connectivity index (χ0n) is 9.58. The lowest BCUT2D eigenvalue weighted by molar-refractivity contribution is 0.166. The zero-order valence-corrected chi connectivity index (χ0v) is 9.58. The van der Waals surface area contributed by atoms with Crippen molar-refractivity contribution in [1.82, 2.24) is 0 Å². The molecule has 0 bridgehead atoms. The molecule has 2 heteroatoms. The molecule has 0 aromatic rings. The summed E-state index contributed by atoms with van der Waals surface area (Å²) < 4.78 is 0. The number of hydrogen-bond acceptors (Lipinski definition) is 2. The molecule has 0 saturated heterocycles. The van der Waals surface area contributed by atoms with Crippen molar-refractivity contribution in [1.29, 1.82) is 0 Å². The molecule has 0 rings (SSSR count). The van der Waals surface area contributed by atoms with Crippen LogP contribution in [0.3, 0.4) is 0 Å². The fourth-order valence-electron chi connectivity index (χ4n) is 0.873. The minimum Gasteiger partial charge on any atom is -0.396 e. The summed E-state index contributed by atoms with van der Waals surface area (Å²) in [7, 11) is 0. The molecule has 0 amide bonds. The molecule has 0 aliphatic heterocycles. The van der Waals surface area contributed by atoms with Crippen molar-refractivity contribution in [2.75, 3.05) is 6.61 Å². The van der Waals surface area contributed by atoms with Crippen LogP contribution in [-0.2, 0) is 0 Å². The summed E-state index contributed by atoms with van der Waals surface area (Å²) in [6.07, 6.45) is 4.04. The van der Waals surface area contributed by atoms with E-state index in [9.17, 15) is 0 Å². The Kier molecular flexibility index (Phi) is 14.1. The average Bonchev–Trinajstić information content (AvgIpc) is 2.18. The standard InChI is InChI=1S/C6H14O.C5H12O/c1-3-4-6(2)5-7;1-3-5(6)4-2/h6-7H,3-5H2,1-2H3;5-6H,3-4H2,1-2H3. The van der Waals surface area contributed by atoms with Gasteiger partial charge in [-0.2, -0.15) is 0 Å². The summed E-state index contributed by atoms with van der Waals surface area (Å²) in [4.78, 5) is 0. The van der Waals surface area contributed by atoms with E-state index in [1.807, 2.05) is 13.8 Å². The molecule has 0 saturated carbocycles. The predicted molar refractivity (Wildman–Crippen MR) is 57.7 cm³/mol. The SMILES string of the molecule is CCC(O)CC.CCCC(C)CO. The van der Waals surface area contributed by atoms with Gasteiger partial charge >= 0.3 is 0 Å². The highest BCUT2D eigenvalue weighted by Gasteiger charge is 1.94. The topological polar surface area (TPSA) is 40.5 Å². The second-order valence-electron chi connectivity index (χ2n) is 3.55. The number of hydrogen-bond donors (Lipinski definition) is 2. The molecule has 82 valence electrons. The highest BCUT2D eigenvalue weighted by molar-refractivity contribution is 4.45. The Morgan fingerprint density at radius 3 is 1.62 bits per heavy atom. The van der Waals surface area contributed by atoms with Crippen LogP contribution in [0.5, 0.6) is 0 Å². The summed E-state index contributed by atoms with van der Waals surface area (Å²) in [6.45, 7) is 8.49. The van der Waals surface area contributed by atoms with Crippen LogP contribution in [0.15, 0.2) is 0 Å². The van der Waals surface area contributed by atoms with Gasteiger partial charge in [0, 0.05) is 6.61 Å². The molecule has 0 radical (unpaired) electrons. The number of aliphatic hydroxyl groups excluding tert-OH is 2. The van der Waals surface area contributed by atoms with Gasteiger partial charge in [-0.25, -0.2) is 0 Å². The summed E-state index contributed by atoms with van der Waals surface area (Å²) in [5.41, 5.74) is 0. The first-order valence-corrected chi connectivity index (χ1v) is 5.41. The summed E-state index contributed by atoms with van der Waals surface area (Å²) in [6, 6.07) is 0. The second kappa shape index (κ2) is 11.9. The van der Waals surface area contributed by atoms with Crippen molar-refractivity contribution in [3.8, 4) is 0 Å². The molecule has 0 aliphatic carbocycles. The van der Waals surface area contributed by atoms with Crippen LogP contribution in [0, 0.1) is 5.92 Å². The lowest BCUT2D eigenvalue weighted by Gasteiger charge is -2.01. The Morgan fingerprint density at radius 1 is 1.08 bits per heavy atom. The molecule has 0 aromatic carbocycles. The first-order chi connectivity index (χ1) is 6.12. The van der Waals surface area contributed by atoms with E-state index < -0.39 is 0 Å². The van der Waals surface area contributed by atoms with Gasteiger partial charge in [0.2, 0.25) is 0 Å². The van der Waals surface area contributed by atoms with Crippen LogP contribution in [0.25, 0.3) is 0 Å². The normalized spacial score (nSPS) is 12.2. The van der Waals surface area contributed by atoms with E-state index in [-0.39, 0.29) is 6.10 Å². The van der Waals surface area contributed by atoms with E-state index in [1.54, 1.807) is 0 Å². The first-order valence-electron chi connectivity index (χ1n) is 5.41. The number of rotatable bonds is 5. The smallest absolute Gasteiger partial charge is 0.0535 e. The monoisotopic (exact) mass is 190 g/mol. The third-order valence-corrected chi connectivity index (χ3v) is 2.04. The van der Waals surface area contributed by atoms with Crippen molar-refractivity contribution in [3.63, 3.8) is 0 Å². The highest BCUT2D eigenvalue weighted by atomic mass is 16.3. The molecule has 1 atom stereocenters. The van der Waals surface area contributed by atoms with Gasteiger partial charge in [0.15, 0.2) is 0 Å². The molecule has 0 spiro atoms. The maximum absolute atomic E-state index is 8.67. The van der Waals surface area contributed by atoms with Gasteiger partial charge in [-0.15, -0.1) is 0 Å². The Hall–Kier alpha value is -0.0800. The molecular formula is C11H26O2. The molecule has 0 aromatic heterocycles. The molecule has 2 N–H and O–H groups in total. The lowest BCUT2D eigenvalue weighted by Crippen LogP contribution is -1.99. The van der Waals surface area contributed by atoms with E-state index in [0.29, 0.717) is 12.5 Å². The van der Waals surface area contributed by atoms with Crippen molar-refractivity contribution < 1.29 is 10.2 Å². The van der Waals surface area contributed by atoms with Crippen LogP contribution >= 0.6 is 0 Å². The maximum atomic E-state index is 8.67. The van der Waals surface area contributed by atoms with Gasteiger partial charge < -0.3 is 10.2 Å². The van der Waals surface area contributed by atoms with Gasteiger partial charge in [0.1, 0.15) is 0 Å². The first kappa shape index (κ1) is 15.4. The van der Waals surface area contributed by atoms with Crippen molar-refractivity contribution in [2.45, 2.75) is 59.5 Å². The molecule has 0 heterocycles. The van der Waals surface area contributed by atoms with Gasteiger partial charge in [-0.05, 0) is 25.2 Å². The van der Waals surface area contributed by atoms with Crippen LogP contribution in [-0.4, -0.2) is 22.9 Å². The zero-order chi connectivity index (χ0) is 10.7. The Balaban J connectivity index is 0. The van der Waals surface area contributed by atoms with Crippen molar-refractivity contribution in [2.24, 2.45) is 5.92 Å². The minimum atomic E-state index is -0.0648. The van der Waals surface area contributed by atoms with E-state index >= 15 is 0 Å². The van der Waals surface area contributed by atoms with E-state index in [1.165, 1.54) is 6.42 Å².